The van der Waals surface area contributed by atoms with Gasteiger partial charge in [0, 0.05) is 16.9 Å². The van der Waals surface area contributed by atoms with Crippen molar-refractivity contribution in [3.05, 3.63) is 29.6 Å². The van der Waals surface area contributed by atoms with Crippen LogP contribution < -0.4 is 5.73 Å². The summed E-state index contributed by atoms with van der Waals surface area (Å²) < 4.78 is 35.5. The van der Waals surface area contributed by atoms with Crippen molar-refractivity contribution in [3.8, 4) is 0 Å². The Balaban J connectivity index is 2.93. The van der Waals surface area contributed by atoms with Crippen molar-refractivity contribution in [2.45, 2.75) is 4.90 Å². The van der Waals surface area contributed by atoms with E-state index >= 15 is 0 Å². The van der Waals surface area contributed by atoms with E-state index in [-0.39, 0.29) is 22.9 Å². The molecule has 0 aromatic heterocycles. The van der Waals surface area contributed by atoms with Crippen LogP contribution in [0, 0.1) is 5.82 Å². The molecule has 0 heterocycles. The van der Waals surface area contributed by atoms with Gasteiger partial charge in [-0.25, -0.2) is 12.8 Å². The van der Waals surface area contributed by atoms with Gasteiger partial charge in [-0.15, -0.1) is 11.8 Å². The van der Waals surface area contributed by atoms with Crippen molar-refractivity contribution in [3.63, 3.8) is 0 Å². The first kappa shape index (κ1) is 14.8. The maximum Gasteiger partial charge on any atom is 0.174 e. The zero-order valence-corrected chi connectivity index (χ0v) is 11.3. The molecule has 5 nitrogen and oxygen atoms in total. The number of amidine groups is 1. The third-order valence-electron chi connectivity index (χ3n) is 2.05. The molecule has 1 rings (SSSR count). The van der Waals surface area contributed by atoms with Crippen LogP contribution in [0.4, 0.5) is 4.39 Å². The lowest BCUT2D eigenvalue weighted by molar-refractivity contribution is 0.318. The van der Waals surface area contributed by atoms with Crippen molar-refractivity contribution in [1.82, 2.24) is 0 Å². The molecule has 18 heavy (non-hydrogen) atoms. The fourth-order valence-electron chi connectivity index (χ4n) is 1.23. The van der Waals surface area contributed by atoms with E-state index in [4.69, 9.17) is 10.9 Å². The zero-order chi connectivity index (χ0) is 13.8. The number of hydrogen-bond acceptors (Lipinski definition) is 5. The second-order valence-corrected chi connectivity index (χ2v) is 6.97. The number of thioether (sulfide) groups is 1. The number of rotatable bonds is 5. The predicted molar refractivity (Wildman–Crippen MR) is 69.3 cm³/mol. The van der Waals surface area contributed by atoms with Gasteiger partial charge in [0.15, 0.2) is 5.84 Å². The molecule has 0 aliphatic carbocycles. The molecular weight excluding hydrogens is 279 g/mol. The smallest absolute Gasteiger partial charge is 0.174 e. The van der Waals surface area contributed by atoms with Crippen molar-refractivity contribution in [2.24, 2.45) is 10.9 Å². The summed E-state index contributed by atoms with van der Waals surface area (Å²) in [4.78, 5) is 0.439. The molecule has 1 aromatic rings. The van der Waals surface area contributed by atoms with Gasteiger partial charge in [-0.05, 0) is 12.1 Å². The number of hydrogen-bond donors (Lipinski definition) is 2. The van der Waals surface area contributed by atoms with Crippen LogP contribution in [0.25, 0.3) is 0 Å². The third kappa shape index (κ3) is 4.19. The molecule has 1 aromatic carbocycles. The first-order valence-electron chi connectivity index (χ1n) is 4.92. The van der Waals surface area contributed by atoms with Gasteiger partial charge >= 0.3 is 0 Å². The SMILES string of the molecule is CS(=O)(=O)CCSc1cccc(F)c1C(N)=NO. The lowest BCUT2D eigenvalue weighted by atomic mass is 10.2. The lowest BCUT2D eigenvalue weighted by Gasteiger charge is -2.08. The van der Waals surface area contributed by atoms with Crippen molar-refractivity contribution in [1.29, 1.82) is 0 Å². The molecule has 0 spiro atoms. The molecule has 0 saturated heterocycles. The third-order valence-corrected chi connectivity index (χ3v) is 4.31. The molecule has 0 unspecified atom stereocenters. The first-order valence-corrected chi connectivity index (χ1v) is 7.96. The largest absolute Gasteiger partial charge is 0.409 e. The zero-order valence-electron chi connectivity index (χ0n) is 9.63. The van der Waals surface area contributed by atoms with E-state index in [0.717, 1.165) is 18.0 Å². The Morgan fingerprint density at radius 2 is 2.22 bits per heavy atom. The topological polar surface area (TPSA) is 92.8 Å². The van der Waals surface area contributed by atoms with Crippen LogP contribution >= 0.6 is 11.8 Å². The number of nitrogens with zero attached hydrogens (tertiary/aromatic N) is 1. The summed E-state index contributed by atoms with van der Waals surface area (Å²) in [5.74, 6) is -0.706. The Labute approximate surface area is 109 Å². The lowest BCUT2D eigenvalue weighted by Crippen LogP contribution is -2.16. The van der Waals surface area contributed by atoms with E-state index in [9.17, 15) is 12.8 Å². The Kier molecular flexibility index (Phi) is 4.97. The second kappa shape index (κ2) is 6.05. The van der Waals surface area contributed by atoms with Crippen LogP contribution in [0.3, 0.4) is 0 Å². The van der Waals surface area contributed by atoms with Gasteiger partial charge in [0.05, 0.1) is 11.3 Å². The monoisotopic (exact) mass is 292 g/mol. The van der Waals surface area contributed by atoms with Gasteiger partial charge in [-0.3, -0.25) is 0 Å². The van der Waals surface area contributed by atoms with Gasteiger partial charge in [0.25, 0.3) is 0 Å². The Morgan fingerprint density at radius 1 is 1.56 bits per heavy atom. The van der Waals surface area contributed by atoms with Crippen LogP contribution in [0.1, 0.15) is 5.56 Å². The first-order chi connectivity index (χ1) is 8.35. The maximum absolute atomic E-state index is 13.5. The van der Waals surface area contributed by atoms with Crippen LogP contribution in [-0.4, -0.2) is 37.2 Å². The summed E-state index contributed by atoms with van der Waals surface area (Å²) in [6.07, 6.45) is 1.13. The molecule has 0 amide bonds. The van der Waals surface area contributed by atoms with Crippen LogP contribution in [0.5, 0.6) is 0 Å². The van der Waals surface area contributed by atoms with E-state index in [2.05, 4.69) is 5.16 Å². The highest BCUT2D eigenvalue weighted by atomic mass is 32.2. The Hall–Kier alpha value is -1.28. The second-order valence-electron chi connectivity index (χ2n) is 3.58. The van der Waals surface area contributed by atoms with Gasteiger partial charge in [0.1, 0.15) is 15.7 Å². The van der Waals surface area contributed by atoms with Gasteiger partial charge in [-0.2, -0.15) is 0 Å². The van der Waals surface area contributed by atoms with Crippen LogP contribution in [0.15, 0.2) is 28.3 Å². The number of sulfone groups is 1. The standard InChI is InChI=1S/C10H13FN2O3S2/c1-18(15,16)6-5-17-8-4-2-3-7(11)9(8)10(12)13-14/h2-4,14H,5-6H2,1H3,(H2,12,13). The normalized spacial score (nSPS) is 12.7. The summed E-state index contributed by atoms with van der Waals surface area (Å²) in [7, 11) is -3.07. The average Bonchev–Trinajstić information content (AvgIpc) is 2.26. The van der Waals surface area contributed by atoms with E-state index < -0.39 is 15.7 Å². The van der Waals surface area contributed by atoms with Crippen molar-refractivity contribution < 1.29 is 18.0 Å². The molecular formula is C10H13FN2O3S2. The molecule has 0 atom stereocenters. The van der Waals surface area contributed by atoms with Crippen LogP contribution in [-0.2, 0) is 9.84 Å². The summed E-state index contributed by atoms with van der Waals surface area (Å²) in [5, 5.41) is 11.3. The molecule has 0 aliphatic rings. The fraction of sp³-hybridized carbons (Fsp3) is 0.300. The summed E-state index contributed by atoms with van der Waals surface area (Å²) in [6, 6.07) is 4.25. The Bertz CT molecular complexity index is 558. The number of oxime groups is 1. The molecule has 8 heteroatoms. The summed E-state index contributed by atoms with van der Waals surface area (Å²) in [5.41, 5.74) is 5.37. The molecule has 0 fully saturated rings. The molecule has 0 bridgehead atoms. The minimum atomic E-state index is -3.07. The summed E-state index contributed by atoms with van der Waals surface area (Å²) >= 11 is 1.14. The minimum Gasteiger partial charge on any atom is -0.409 e. The van der Waals surface area contributed by atoms with E-state index in [1.165, 1.54) is 12.1 Å². The van der Waals surface area contributed by atoms with Gasteiger partial charge in [0.2, 0.25) is 0 Å². The van der Waals surface area contributed by atoms with E-state index in [1.807, 2.05) is 0 Å². The van der Waals surface area contributed by atoms with Gasteiger partial charge < -0.3 is 10.9 Å². The van der Waals surface area contributed by atoms with Crippen molar-refractivity contribution in [2.75, 3.05) is 17.8 Å². The Morgan fingerprint density at radius 3 is 2.78 bits per heavy atom. The quantitative estimate of drug-likeness (QED) is 0.278. The van der Waals surface area contributed by atoms with E-state index in [1.54, 1.807) is 6.07 Å². The highest BCUT2D eigenvalue weighted by molar-refractivity contribution is 8.00. The predicted octanol–water partition coefficient (Wildman–Crippen LogP) is 1.06. The number of benzene rings is 1. The maximum atomic E-state index is 13.5. The van der Waals surface area contributed by atoms with Crippen molar-refractivity contribution >= 4 is 27.4 Å². The average molecular weight is 292 g/mol. The fourth-order valence-corrected chi connectivity index (χ4v) is 3.51. The number of nitrogens with two attached hydrogens (primary N) is 1. The highest BCUT2D eigenvalue weighted by Gasteiger charge is 2.14. The molecule has 0 aliphatic heterocycles. The molecule has 3 N–H and O–H groups in total. The molecule has 0 saturated carbocycles. The van der Waals surface area contributed by atoms with Gasteiger partial charge in [-0.1, -0.05) is 11.2 Å². The molecule has 0 radical (unpaired) electrons. The van der Waals surface area contributed by atoms with E-state index in [0.29, 0.717) is 4.90 Å². The minimum absolute atomic E-state index is 0.0153. The highest BCUT2D eigenvalue weighted by Crippen LogP contribution is 2.24. The number of halogens is 1. The van der Waals surface area contributed by atoms with Crippen LogP contribution in [0.2, 0.25) is 0 Å². The summed E-state index contributed by atoms with van der Waals surface area (Å²) in [6.45, 7) is 0. The molecule has 100 valence electrons.